The first-order chi connectivity index (χ1) is 11.1. The van der Waals surface area contributed by atoms with Crippen LogP contribution in [0.15, 0.2) is 40.2 Å². The molecule has 0 bridgehead atoms. The summed E-state index contributed by atoms with van der Waals surface area (Å²) in [5.41, 5.74) is 0.975. The van der Waals surface area contributed by atoms with Crippen molar-refractivity contribution >= 4 is 54.7 Å². The van der Waals surface area contributed by atoms with Crippen molar-refractivity contribution in [1.82, 2.24) is 9.88 Å². The molecule has 0 saturated carbocycles. The van der Waals surface area contributed by atoms with E-state index in [1.54, 1.807) is 34.6 Å². The minimum absolute atomic E-state index is 0.0318. The van der Waals surface area contributed by atoms with E-state index in [-0.39, 0.29) is 12.5 Å². The maximum Gasteiger partial charge on any atom is 0.248 e. The molecule has 0 aliphatic carbocycles. The van der Waals surface area contributed by atoms with Crippen LogP contribution in [0.2, 0.25) is 0 Å². The molecular formula is C16H15BrN2O2S2. The van der Waals surface area contributed by atoms with Gasteiger partial charge in [0.25, 0.3) is 0 Å². The van der Waals surface area contributed by atoms with Crippen LogP contribution in [0.1, 0.15) is 9.88 Å². The number of halogens is 1. The van der Waals surface area contributed by atoms with Crippen molar-refractivity contribution < 1.29 is 9.53 Å². The highest BCUT2D eigenvalue weighted by Crippen LogP contribution is 2.23. The Balaban J connectivity index is 1.48. The van der Waals surface area contributed by atoms with Gasteiger partial charge in [0.1, 0.15) is 11.6 Å². The van der Waals surface area contributed by atoms with Gasteiger partial charge >= 0.3 is 0 Å². The zero-order valence-corrected chi connectivity index (χ0v) is 15.7. The van der Waals surface area contributed by atoms with Gasteiger partial charge in [-0.1, -0.05) is 12.1 Å². The predicted molar refractivity (Wildman–Crippen MR) is 97.8 cm³/mol. The second kappa shape index (κ2) is 7.53. The third kappa shape index (κ3) is 4.38. The molecule has 2 heterocycles. The summed E-state index contributed by atoms with van der Waals surface area (Å²) >= 11 is 6.65. The summed E-state index contributed by atoms with van der Waals surface area (Å²) in [6, 6.07) is 12.0. The highest BCUT2D eigenvalue weighted by Gasteiger charge is 2.11. The Bertz CT molecular complexity index is 782. The van der Waals surface area contributed by atoms with E-state index in [1.807, 2.05) is 36.4 Å². The summed E-state index contributed by atoms with van der Waals surface area (Å²) in [4.78, 5) is 19.4. The van der Waals surface area contributed by atoms with Gasteiger partial charge in [-0.25, -0.2) is 4.98 Å². The van der Waals surface area contributed by atoms with E-state index < -0.39 is 0 Å². The van der Waals surface area contributed by atoms with E-state index in [4.69, 9.17) is 4.74 Å². The van der Waals surface area contributed by atoms with Crippen LogP contribution in [-0.2, 0) is 22.7 Å². The van der Waals surface area contributed by atoms with Crippen LogP contribution >= 0.6 is 38.6 Å². The average molecular weight is 411 g/mol. The Morgan fingerprint density at radius 3 is 2.83 bits per heavy atom. The minimum Gasteiger partial charge on any atom is -0.364 e. The molecule has 0 aliphatic heterocycles. The van der Waals surface area contributed by atoms with Gasteiger partial charge in [-0.05, 0) is 40.2 Å². The van der Waals surface area contributed by atoms with Gasteiger partial charge in [-0.15, -0.1) is 22.7 Å². The van der Waals surface area contributed by atoms with E-state index in [9.17, 15) is 4.79 Å². The Morgan fingerprint density at radius 2 is 2.09 bits per heavy atom. The molecule has 0 unspecified atom stereocenters. The third-order valence-electron chi connectivity index (χ3n) is 3.24. The molecule has 4 nitrogen and oxygen atoms in total. The zero-order chi connectivity index (χ0) is 16.2. The van der Waals surface area contributed by atoms with Crippen LogP contribution in [0.3, 0.4) is 0 Å². The Kier molecular flexibility index (Phi) is 5.42. The molecule has 0 saturated heterocycles. The molecule has 3 aromatic rings. The van der Waals surface area contributed by atoms with Crippen LogP contribution in [0, 0.1) is 0 Å². The molecule has 1 amide bonds. The number of carbonyl (C=O) groups is 1. The molecule has 3 rings (SSSR count). The molecule has 2 aromatic heterocycles. The lowest BCUT2D eigenvalue weighted by Crippen LogP contribution is -2.29. The number of ether oxygens (including phenoxy) is 1. The van der Waals surface area contributed by atoms with E-state index in [0.29, 0.717) is 13.2 Å². The number of amides is 1. The summed E-state index contributed by atoms with van der Waals surface area (Å²) in [5.74, 6) is -0.0318. The van der Waals surface area contributed by atoms with Gasteiger partial charge in [0.15, 0.2) is 0 Å². The van der Waals surface area contributed by atoms with Crippen molar-refractivity contribution in [2.24, 2.45) is 0 Å². The number of likely N-dealkylation sites (N-methyl/N-ethyl adjacent to an activating group) is 1. The number of fused-ring (bicyclic) bond motifs is 1. The molecule has 0 radical (unpaired) electrons. The van der Waals surface area contributed by atoms with Crippen LogP contribution < -0.4 is 0 Å². The molecule has 0 fully saturated rings. The number of thiophene rings is 1. The maximum absolute atomic E-state index is 12.1. The van der Waals surface area contributed by atoms with Gasteiger partial charge in [0.2, 0.25) is 5.91 Å². The number of rotatable bonds is 6. The first-order valence-corrected chi connectivity index (χ1v) is 9.45. The van der Waals surface area contributed by atoms with Crippen molar-refractivity contribution in [1.29, 1.82) is 0 Å². The monoisotopic (exact) mass is 410 g/mol. The number of thiazole rings is 1. The first kappa shape index (κ1) is 16.6. The second-order valence-corrected chi connectivity index (χ2v) is 8.69. The van der Waals surface area contributed by atoms with Crippen molar-refractivity contribution in [3.05, 3.63) is 50.1 Å². The highest BCUT2D eigenvalue weighted by atomic mass is 79.9. The Labute approximate surface area is 150 Å². The van der Waals surface area contributed by atoms with E-state index in [1.165, 1.54) is 0 Å². The molecule has 1 aromatic carbocycles. The number of aromatic nitrogens is 1. The number of para-hydroxylation sites is 1. The van der Waals surface area contributed by atoms with Crippen molar-refractivity contribution in [2.75, 3.05) is 13.7 Å². The fraction of sp³-hybridized carbons (Fsp3) is 0.250. The summed E-state index contributed by atoms with van der Waals surface area (Å²) in [5, 5.41) is 0.892. The quantitative estimate of drug-likeness (QED) is 0.608. The van der Waals surface area contributed by atoms with E-state index in [0.717, 1.165) is 23.9 Å². The number of carbonyl (C=O) groups excluding carboxylic acids is 1. The molecule has 120 valence electrons. The largest absolute Gasteiger partial charge is 0.364 e. The molecule has 0 aliphatic rings. The number of benzene rings is 1. The lowest BCUT2D eigenvalue weighted by atomic mass is 10.3. The SMILES string of the molecule is CN(Cc1ccc(Br)s1)C(=O)COCc1nc2ccccc2s1. The molecule has 23 heavy (non-hydrogen) atoms. The number of nitrogens with zero attached hydrogens (tertiary/aromatic N) is 2. The zero-order valence-electron chi connectivity index (χ0n) is 12.5. The summed E-state index contributed by atoms with van der Waals surface area (Å²) in [6.07, 6.45) is 0. The van der Waals surface area contributed by atoms with Crippen LogP contribution in [0.5, 0.6) is 0 Å². The maximum atomic E-state index is 12.1. The third-order valence-corrected chi connectivity index (χ3v) is 5.86. The second-order valence-electron chi connectivity index (χ2n) is 5.02. The lowest BCUT2D eigenvalue weighted by Gasteiger charge is -2.15. The van der Waals surface area contributed by atoms with Crippen molar-refractivity contribution in [2.45, 2.75) is 13.2 Å². The lowest BCUT2D eigenvalue weighted by molar-refractivity contribution is -0.135. The Morgan fingerprint density at radius 1 is 1.26 bits per heavy atom. The number of hydrogen-bond acceptors (Lipinski definition) is 5. The fourth-order valence-corrected chi connectivity index (χ4v) is 4.52. The van der Waals surface area contributed by atoms with Crippen molar-refractivity contribution in [3.8, 4) is 0 Å². The highest BCUT2D eigenvalue weighted by molar-refractivity contribution is 9.11. The van der Waals surface area contributed by atoms with Gasteiger partial charge in [0.05, 0.1) is 27.2 Å². The summed E-state index contributed by atoms with van der Waals surface area (Å²) in [7, 11) is 1.79. The molecule has 7 heteroatoms. The van der Waals surface area contributed by atoms with Crippen molar-refractivity contribution in [3.63, 3.8) is 0 Å². The van der Waals surface area contributed by atoms with Crippen LogP contribution in [0.4, 0.5) is 0 Å². The molecular weight excluding hydrogens is 396 g/mol. The van der Waals surface area contributed by atoms with Crippen LogP contribution in [0.25, 0.3) is 10.2 Å². The van der Waals surface area contributed by atoms with Gasteiger partial charge in [-0.3, -0.25) is 4.79 Å². The molecule has 0 spiro atoms. The summed E-state index contributed by atoms with van der Waals surface area (Å²) < 4.78 is 7.73. The van der Waals surface area contributed by atoms with Crippen LogP contribution in [-0.4, -0.2) is 29.4 Å². The van der Waals surface area contributed by atoms with Gasteiger partial charge in [0, 0.05) is 11.9 Å². The first-order valence-electron chi connectivity index (χ1n) is 7.02. The smallest absolute Gasteiger partial charge is 0.248 e. The Hall–Kier alpha value is -1.28. The normalized spacial score (nSPS) is 11.0. The fourth-order valence-electron chi connectivity index (χ4n) is 2.08. The van der Waals surface area contributed by atoms with E-state index >= 15 is 0 Å². The minimum atomic E-state index is -0.0318. The molecule has 0 N–H and O–H groups in total. The average Bonchev–Trinajstić information content (AvgIpc) is 3.12. The molecule has 0 atom stereocenters. The number of hydrogen-bond donors (Lipinski definition) is 0. The van der Waals surface area contributed by atoms with Gasteiger partial charge < -0.3 is 9.64 Å². The topological polar surface area (TPSA) is 42.4 Å². The standard InChI is InChI=1S/C16H15BrN2O2S2/c1-19(8-11-6-7-14(17)22-11)16(20)10-21-9-15-18-12-4-2-3-5-13(12)23-15/h2-7H,8-10H2,1H3. The van der Waals surface area contributed by atoms with E-state index in [2.05, 4.69) is 20.9 Å². The summed E-state index contributed by atoms with van der Waals surface area (Å²) in [6.45, 7) is 1.03. The predicted octanol–water partition coefficient (Wildman–Crippen LogP) is 4.30. The van der Waals surface area contributed by atoms with Gasteiger partial charge in [-0.2, -0.15) is 0 Å².